The zero-order valence-electron chi connectivity index (χ0n) is 8.62. The zero-order valence-corrected chi connectivity index (χ0v) is 10.2. The first-order valence-corrected chi connectivity index (χ1v) is 5.76. The van der Waals surface area contributed by atoms with Crippen LogP contribution >= 0.6 is 24.4 Å². The van der Waals surface area contributed by atoms with E-state index in [1.54, 1.807) is 6.07 Å². The van der Waals surface area contributed by atoms with Gasteiger partial charge in [-0.1, -0.05) is 12.2 Å². The van der Waals surface area contributed by atoms with E-state index in [-0.39, 0.29) is 4.77 Å². The first kappa shape index (κ1) is 12.8. The molecule has 0 spiro atoms. The molecular formula is C9H11FN2O3S2. The number of aromatic nitrogens is 2. The fraction of sp³-hybridized carbons (Fsp3) is 0.556. The number of aliphatic hydroxyl groups excluding tert-OH is 2. The second-order valence-corrected chi connectivity index (χ2v) is 4.53. The van der Waals surface area contributed by atoms with Gasteiger partial charge in [-0.25, -0.2) is 4.39 Å². The fourth-order valence-corrected chi connectivity index (χ4v) is 2.21. The molecule has 0 radical (unpaired) electrons. The number of hydrogen-bond acceptors (Lipinski definition) is 5. The Balaban J connectivity index is 2.35. The molecule has 1 aliphatic rings. The molecule has 0 aromatic carbocycles. The summed E-state index contributed by atoms with van der Waals surface area (Å²) in [5.74, 6) is 0. The van der Waals surface area contributed by atoms with Gasteiger partial charge in [0.25, 0.3) is 0 Å². The van der Waals surface area contributed by atoms with Crippen molar-refractivity contribution < 1.29 is 19.3 Å². The molecule has 0 amide bonds. The summed E-state index contributed by atoms with van der Waals surface area (Å²) in [5, 5.41) is 18.6. The molecule has 1 aromatic rings. The Morgan fingerprint density at radius 1 is 1.53 bits per heavy atom. The van der Waals surface area contributed by atoms with E-state index in [0.29, 0.717) is 4.64 Å². The number of aromatic amines is 1. The number of nitrogens with zero attached hydrogens (tertiary/aromatic N) is 1. The molecule has 1 saturated heterocycles. The Morgan fingerprint density at radius 2 is 2.24 bits per heavy atom. The van der Waals surface area contributed by atoms with Crippen LogP contribution in [0.1, 0.15) is 6.23 Å². The first-order chi connectivity index (χ1) is 8.04. The Bertz CT molecular complexity index is 517. The Labute approximate surface area is 106 Å². The smallest absolute Gasteiger partial charge is 0.180 e. The second-order valence-electron chi connectivity index (χ2n) is 3.70. The number of nitrogens with one attached hydrogen (secondary N) is 1. The average Bonchev–Trinajstić information content (AvgIpc) is 2.57. The second kappa shape index (κ2) is 4.91. The minimum absolute atomic E-state index is 0.229. The number of hydrogen-bond donors (Lipinski definition) is 3. The highest BCUT2D eigenvalue weighted by Crippen LogP contribution is 2.31. The van der Waals surface area contributed by atoms with Gasteiger partial charge >= 0.3 is 0 Å². The van der Waals surface area contributed by atoms with E-state index < -0.39 is 31.2 Å². The minimum atomic E-state index is -1.64. The minimum Gasteiger partial charge on any atom is -0.394 e. The van der Waals surface area contributed by atoms with Crippen LogP contribution in [0.4, 0.5) is 4.39 Å². The summed E-state index contributed by atoms with van der Waals surface area (Å²) >= 11 is 9.89. The van der Waals surface area contributed by atoms with Crippen LogP contribution in [0.3, 0.4) is 0 Å². The van der Waals surface area contributed by atoms with E-state index in [4.69, 9.17) is 34.3 Å². The Hall–Kier alpha value is -0.670. The van der Waals surface area contributed by atoms with Gasteiger partial charge in [0.1, 0.15) is 16.8 Å². The molecule has 4 unspecified atom stereocenters. The molecule has 0 saturated carbocycles. The van der Waals surface area contributed by atoms with E-state index in [1.807, 2.05) is 0 Å². The van der Waals surface area contributed by atoms with E-state index in [1.165, 1.54) is 10.8 Å². The van der Waals surface area contributed by atoms with Crippen LogP contribution in [-0.2, 0) is 4.74 Å². The molecule has 1 fully saturated rings. The molecular weight excluding hydrogens is 267 g/mol. The molecule has 2 rings (SSSR count). The van der Waals surface area contributed by atoms with Crippen molar-refractivity contribution in [3.05, 3.63) is 21.7 Å². The predicted octanol–water partition coefficient (Wildman–Crippen LogP) is 0.864. The SMILES string of the molecule is OCC1OC(n2ccc(=S)[nH]c2=S)C(O)C1F. The van der Waals surface area contributed by atoms with Crippen LogP contribution < -0.4 is 0 Å². The topological polar surface area (TPSA) is 70.4 Å². The third-order valence-corrected chi connectivity index (χ3v) is 3.14. The van der Waals surface area contributed by atoms with Crippen LogP contribution in [0.5, 0.6) is 0 Å². The fourth-order valence-electron chi connectivity index (χ4n) is 1.71. The maximum Gasteiger partial charge on any atom is 0.180 e. The lowest BCUT2D eigenvalue weighted by Gasteiger charge is -2.17. The summed E-state index contributed by atoms with van der Waals surface area (Å²) in [6, 6.07) is 1.56. The maximum atomic E-state index is 13.5. The van der Waals surface area contributed by atoms with Crippen molar-refractivity contribution >= 4 is 24.4 Å². The van der Waals surface area contributed by atoms with Crippen LogP contribution in [0, 0.1) is 9.41 Å². The largest absolute Gasteiger partial charge is 0.394 e. The monoisotopic (exact) mass is 278 g/mol. The van der Waals surface area contributed by atoms with Crippen molar-refractivity contribution in [2.24, 2.45) is 0 Å². The van der Waals surface area contributed by atoms with Crippen molar-refractivity contribution in [2.45, 2.75) is 24.6 Å². The zero-order chi connectivity index (χ0) is 12.6. The molecule has 0 bridgehead atoms. The summed E-state index contributed by atoms with van der Waals surface area (Å²) < 4.78 is 20.8. The lowest BCUT2D eigenvalue weighted by Crippen LogP contribution is -2.29. The molecule has 94 valence electrons. The van der Waals surface area contributed by atoms with Gasteiger partial charge in [0, 0.05) is 6.20 Å². The Kier molecular flexibility index (Phi) is 3.69. The highest BCUT2D eigenvalue weighted by molar-refractivity contribution is 7.72. The number of halogens is 1. The van der Waals surface area contributed by atoms with Crippen molar-refractivity contribution in [1.82, 2.24) is 9.55 Å². The number of H-pyrrole nitrogens is 1. The third-order valence-electron chi connectivity index (χ3n) is 2.59. The summed E-state index contributed by atoms with van der Waals surface area (Å²) in [6.07, 6.45) is -3.50. The molecule has 8 heteroatoms. The molecule has 2 heterocycles. The predicted molar refractivity (Wildman–Crippen MR) is 62.3 cm³/mol. The van der Waals surface area contributed by atoms with Crippen molar-refractivity contribution in [3.8, 4) is 0 Å². The van der Waals surface area contributed by atoms with Gasteiger partial charge in [0.2, 0.25) is 0 Å². The van der Waals surface area contributed by atoms with Gasteiger partial charge in [0.05, 0.1) is 6.61 Å². The van der Waals surface area contributed by atoms with Crippen LogP contribution in [0.2, 0.25) is 0 Å². The third kappa shape index (κ3) is 2.31. The summed E-state index contributed by atoms with van der Waals surface area (Å²) in [5.41, 5.74) is 0. The molecule has 3 N–H and O–H groups in total. The first-order valence-electron chi connectivity index (χ1n) is 4.94. The summed E-state index contributed by atoms with van der Waals surface area (Å²) in [4.78, 5) is 2.70. The lowest BCUT2D eigenvalue weighted by molar-refractivity contribution is -0.0528. The van der Waals surface area contributed by atoms with Crippen molar-refractivity contribution in [2.75, 3.05) is 6.61 Å². The molecule has 1 aromatic heterocycles. The van der Waals surface area contributed by atoms with Gasteiger partial charge in [-0.05, 0) is 18.3 Å². The van der Waals surface area contributed by atoms with Gasteiger partial charge in [-0.15, -0.1) is 0 Å². The molecule has 0 aliphatic carbocycles. The van der Waals surface area contributed by atoms with Gasteiger partial charge in [-0.3, -0.25) is 4.57 Å². The van der Waals surface area contributed by atoms with E-state index in [9.17, 15) is 9.50 Å². The number of ether oxygens (including phenoxy) is 1. The van der Waals surface area contributed by atoms with Crippen molar-refractivity contribution in [1.29, 1.82) is 0 Å². The quantitative estimate of drug-likeness (QED) is 0.700. The standard InChI is InChI=1S/C9H11FN2O3S2/c10-6-4(3-13)15-8(7(6)14)12-2-1-5(16)11-9(12)17/h1-2,4,6-8,13-14H,3H2,(H,11,16,17). The molecule has 1 aliphatic heterocycles. The number of aliphatic hydroxyl groups is 2. The maximum absolute atomic E-state index is 13.5. The highest BCUT2D eigenvalue weighted by Gasteiger charge is 2.44. The number of alkyl halides is 1. The summed E-state index contributed by atoms with van der Waals surface area (Å²) in [7, 11) is 0. The molecule has 5 nitrogen and oxygen atoms in total. The van der Waals surface area contributed by atoms with Crippen LogP contribution in [-0.4, -0.2) is 44.8 Å². The number of rotatable bonds is 2. The molecule has 4 atom stereocenters. The molecule has 17 heavy (non-hydrogen) atoms. The van der Waals surface area contributed by atoms with Gasteiger partial charge < -0.3 is 19.9 Å². The van der Waals surface area contributed by atoms with E-state index >= 15 is 0 Å². The lowest BCUT2D eigenvalue weighted by atomic mass is 10.1. The van der Waals surface area contributed by atoms with Crippen molar-refractivity contribution in [3.63, 3.8) is 0 Å². The Morgan fingerprint density at radius 3 is 2.76 bits per heavy atom. The average molecular weight is 278 g/mol. The highest BCUT2D eigenvalue weighted by atomic mass is 32.1. The van der Waals surface area contributed by atoms with E-state index in [2.05, 4.69) is 4.98 Å². The van der Waals surface area contributed by atoms with Crippen LogP contribution in [0.25, 0.3) is 0 Å². The normalized spacial score (nSPS) is 32.9. The summed E-state index contributed by atoms with van der Waals surface area (Å²) in [6.45, 7) is -0.495. The van der Waals surface area contributed by atoms with Gasteiger partial charge in [-0.2, -0.15) is 0 Å². The van der Waals surface area contributed by atoms with Crippen LogP contribution in [0.15, 0.2) is 12.3 Å². The van der Waals surface area contributed by atoms with Gasteiger partial charge in [0.15, 0.2) is 17.2 Å². The van der Waals surface area contributed by atoms with E-state index in [0.717, 1.165) is 0 Å².